The summed E-state index contributed by atoms with van der Waals surface area (Å²) in [6, 6.07) is 4.35. The molecule has 0 aliphatic heterocycles. The maximum Gasteiger partial charge on any atom is 0.123 e. The van der Waals surface area contributed by atoms with Crippen molar-refractivity contribution >= 4 is 11.8 Å². The Morgan fingerprint density at radius 2 is 1.37 bits per heavy atom. The van der Waals surface area contributed by atoms with Gasteiger partial charge in [-0.15, -0.1) is 0 Å². The molecule has 19 heavy (non-hydrogen) atoms. The lowest BCUT2D eigenvalue weighted by atomic mass is 9.78. The Hall–Kier alpha value is -0.630. The van der Waals surface area contributed by atoms with Gasteiger partial charge < -0.3 is 5.11 Å². The van der Waals surface area contributed by atoms with E-state index >= 15 is 0 Å². The standard InChI is InChI=1S/C17H28OS/c1-8-19-11-12-9-13(16(2,3)4)15(18)14(10-12)17(5,6)7/h9-10,18H,8,11H2,1-7H3. The number of benzene rings is 1. The van der Waals surface area contributed by atoms with E-state index in [2.05, 4.69) is 60.6 Å². The summed E-state index contributed by atoms with van der Waals surface area (Å²) in [4.78, 5) is 0. The van der Waals surface area contributed by atoms with Gasteiger partial charge in [-0.1, -0.05) is 60.6 Å². The van der Waals surface area contributed by atoms with Gasteiger partial charge in [-0.2, -0.15) is 11.8 Å². The highest BCUT2D eigenvalue weighted by Gasteiger charge is 2.26. The van der Waals surface area contributed by atoms with Crippen LogP contribution in [0.3, 0.4) is 0 Å². The molecule has 0 aromatic heterocycles. The first-order valence-corrected chi connectivity index (χ1v) is 8.17. The molecule has 1 rings (SSSR count). The van der Waals surface area contributed by atoms with Crippen molar-refractivity contribution in [2.24, 2.45) is 0 Å². The summed E-state index contributed by atoms with van der Waals surface area (Å²) in [5.74, 6) is 2.62. The molecular formula is C17H28OS. The van der Waals surface area contributed by atoms with Gasteiger partial charge >= 0.3 is 0 Å². The minimum Gasteiger partial charge on any atom is -0.507 e. The third kappa shape index (κ3) is 4.17. The van der Waals surface area contributed by atoms with Crippen molar-refractivity contribution in [3.8, 4) is 5.75 Å². The molecule has 0 aliphatic carbocycles. The lowest BCUT2D eigenvalue weighted by Crippen LogP contribution is -2.17. The number of aromatic hydroxyl groups is 1. The van der Waals surface area contributed by atoms with Crippen LogP contribution in [0.4, 0.5) is 0 Å². The van der Waals surface area contributed by atoms with Crippen LogP contribution in [0, 0.1) is 0 Å². The fraction of sp³-hybridized carbons (Fsp3) is 0.647. The molecule has 2 heteroatoms. The van der Waals surface area contributed by atoms with Crippen LogP contribution < -0.4 is 0 Å². The molecule has 0 saturated carbocycles. The number of thioether (sulfide) groups is 1. The molecule has 0 atom stereocenters. The zero-order valence-corrected chi connectivity index (χ0v) is 14.2. The average Bonchev–Trinajstić information content (AvgIpc) is 2.24. The van der Waals surface area contributed by atoms with E-state index in [-0.39, 0.29) is 10.8 Å². The van der Waals surface area contributed by atoms with Gasteiger partial charge in [0.15, 0.2) is 0 Å². The maximum absolute atomic E-state index is 10.6. The number of hydrogen-bond acceptors (Lipinski definition) is 2. The summed E-state index contributed by atoms with van der Waals surface area (Å²) < 4.78 is 0. The monoisotopic (exact) mass is 280 g/mol. The van der Waals surface area contributed by atoms with E-state index in [9.17, 15) is 5.11 Å². The van der Waals surface area contributed by atoms with Crippen molar-refractivity contribution in [3.05, 3.63) is 28.8 Å². The first kappa shape index (κ1) is 16.4. The van der Waals surface area contributed by atoms with Crippen LogP contribution in [0.25, 0.3) is 0 Å². The summed E-state index contributed by atoms with van der Waals surface area (Å²) >= 11 is 1.92. The van der Waals surface area contributed by atoms with Crippen molar-refractivity contribution in [1.29, 1.82) is 0 Å². The van der Waals surface area contributed by atoms with Crippen molar-refractivity contribution in [2.75, 3.05) is 5.75 Å². The van der Waals surface area contributed by atoms with Crippen LogP contribution in [0.15, 0.2) is 12.1 Å². The Kier molecular flexibility index (Phi) is 5.00. The first-order valence-electron chi connectivity index (χ1n) is 7.02. The number of phenols is 1. The second-order valence-electron chi connectivity index (χ2n) is 7.18. The summed E-state index contributed by atoms with van der Waals surface area (Å²) in [5.41, 5.74) is 3.38. The molecule has 0 spiro atoms. The highest BCUT2D eigenvalue weighted by atomic mass is 32.2. The molecule has 0 fully saturated rings. The van der Waals surface area contributed by atoms with Crippen molar-refractivity contribution in [2.45, 2.75) is 65.0 Å². The lowest BCUT2D eigenvalue weighted by Gasteiger charge is -2.28. The normalized spacial score (nSPS) is 12.8. The van der Waals surface area contributed by atoms with Crippen LogP contribution in [0.5, 0.6) is 5.75 Å². The molecule has 0 heterocycles. The van der Waals surface area contributed by atoms with Gasteiger partial charge in [0.05, 0.1) is 0 Å². The third-order valence-electron chi connectivity index (χ3n) is 3.26. The van der Waals surface area contributed by atoms with Gasteiger partial charge in [0, 0.05) is 5.75 Å². The Morgan fingerprint density at radius 1 is 0.947 bits per heavy atom. The Morgan fingerprint density at radius 3 is 1.68 bits per heavy atom. The summed E-state index contributed by atoms with van der Waals surface area (Å²) in [6.07, 6.45) is 0. The zero-order chi connectivity index (χ0) is 14.8. The van der Waals surface area contributed by atoms with Crippen molar-refractivity contribution in [3.63, 3.8) is 0 Å². The molecule has 1 aromatic carbocycles. The van der Waals surface area contributed by atoms with E-state index in [4.69, 9.17) is 0 Å². The van der Waals surface area contributed by atoms with Gasteiger partial charge in [0.25, 0.3) is 0 Å². The fourth-order valence-electron chi connectivity index (χ4n) is 2.14. The highest BCUT2D eigenvalue weighted by Crippen LogP contribution is 2.40. The van der Waals surface area contributed by atoms with Gasteiger partial charge in [-0.05, 0) is 33.3 Å². The second-order valence-corrected chi connectivity index (χ2v) is 8.45. The van der Waals surface area contributed by atoms with Crippen molar-refractivity contribution < 1.29 is 5.11 Å². The minimum atomic E-state index is -0.0308. The van der Waals surface area contributed by atoms with Crippen LogP contribution in [-0.4, -0.2) is 10.9 Å². The predicted octanol–water partition coefficient (Wildman–Crippen LogP) is 5.24. The van der Waals surface area contributed by atoms with Gasteiger partial charge in [0.1, 0.15) is 5.75 Å². The summed E-state index contributed by atoms with van der Waals surface area (Å²) in [5, 5.41) is 10.6. The minimum absolute atomic E-state index is 0.0308. The Bertz CT molecular complexity index is 401. The quantitative estimate of drug-likeness (QED) is 0.817. The van der Waals surface area contributed by atoms with Crippen LogP contribution >= 0.6 is 11.8 Å². The van der Waals surface area contributed by atoms with E-state index in [0.29, 0.717) is 5.75 Å². The lowest BCUT2D eigenvalue weighted by molar-refractivity contribution is 0.423. The molecular weight excluding hydrogens is 252 g/mol. The maximum atomic E-state index is 10.6. The smallest absolute Gasteiger partial charge is 0.123 e. The summed E-state index contributed by atoms with van der Waals surface area (Å²) in [7, 11) is 0. The molecule has 0 amide bonds. The first-order chi connectivity index (χ1) is 8.57. The fourth-order valence-corrected chi connectivity index (χ4v) is 2.75. The zero-order valence-electron chi connectivity index (χ0n) is 13.4. The Labute approximate surface area is 122 Å². The van der Waals surface area contributed by atoms with Crippen molar-refractivity contribution in [1.82, 2.24) is 0 Å². The van der Waals surface area contributed by atoms with E-state index in [1.165, 1.54) is 5.56 Å². The molecule has 0 unspecified atom stereocenters. The molecule has 1 N–H and O–H groups in total. The predicted molar refractivity (Wildman–Crippen MR) is 87.3 cm³/mol. The second kappa shape index (κ2) is 5.78. The topological polar surface area (TPSA) is 20.2 Å². The van der Waals surface area contributed by atoms with E-state index in [1.807, 2.05) is 11.8 Å². The van der Waals surface area contributed by atoms with E-state index in [1.54, 1.807) is 0 Å². The van der Waals surface area contributed by atoms with Gasteiger partial charge in [-0.3, -0.25) is 0 Å². The molecule has 0 bridgehead atoms. The molecule has 1 nitrogen and oxygen atoms in total. The number of rotatable bonds is 3. The molecule has 0 radical (unpaired) electrons. The molecule has 1 aromatic rings. The van der Waals surface area contributed by atoms with Crippen LogP contribution in [0.1, 0.15) is 65.2 Å². The molecule has 0 saturated heterocycles. The van der Waals surface area contributed by atoms with Gasteiger partial charge in [-0.25, -0.2) is 0 Å². The van der Waals surface area contributed by atoms with E-state index in [0.717, 1.165) is 22.6 Å². The van der Waals surface area contributed by atoms with Gasteiger partial charge in [0.2, 0.25) is 0 Å². The SMILES string of the molecule is CCSCc1cc(C(C)(C)C)c(O)c(C(C)(C)C)c1. The highest BCUT2D eigenvalue weighted by molar-refractivity contribution is 7.98. The average molecular weight is 280 g/mol. The third-order valence-corrected chi connectivity index (χ3v) is 4.20. The molecule has 108 valence electrons. The number of hydrogen-bond donors (Lipinski definition) is 1. The Balaban J connectivity index is 3.39. The largest absolute Gasteiger partial charge is 0.507 e. The van der Waals surface area contributed by atoms with Crippen LogP contribution in [-0.2, 0) is 16.6 Å². The van der Waals surface area contributed by atoms with E-state index < -0.39 is 0 Å². The van der Waals surface area contributed by atoms with Crippen LogP contribution in [0.2, 0.25) is 0 Å². The molecule has 0 aliphatic rings. The summed E-state index contributed by atoms with van der Waals surface area (Å²) in [6.45, 7) is 15.1. The number of phenolic OH excluding ortho intramolecular Hbond substituents is 1.